The molecule has 6 atom stereocenters. The zero-order valence-corrected chi connectivity index (χ0v) is 20.9. The second kappa shape index (κ2) is 11.5. The molecule has 3 fully saturated rings. The molecule has 36 heavy (non-hydrogen) atoms. The molecule has 192 valence electrons. The van der Waals surface area contributed by atoms with Crippen LogP contribution in [-0.2, 0) is 20.9 Å². The number of aromatic nitrogens is 1. The molecule has 1 aromatic carbocycles. The Hall–Kier alpha value is -2.81. The van der Waals surface area contributed by atoms with Crippen LogP contribution in [0.2, 0.25) is 0 Å². The highest BCUT2D eigenvalue weighted by Crippen LogP contribution is 2.40. The van der Waals surface area contributed by atoms with E-state index < -0.39 is 0 Å². The van der Waals surface area contributed by atoms with Crippen molar-refractivity contribution in [2.75, 3.05) is 19.7 Å². The van der Waals surface area contributed by atoms with E-state index in [0.717, 1.165) is 32.4 Å². The van der Waals surface area contributed by atoms with Gasteiger partial charge < -0.3 is 10.1 Å². The van der Waals surface area contributed by atoms with Gasteiger partial charge in [0.2, 0.25) is 5.91 Å². The third kappa shape index (κ3) is 5.61. The number of likely N-dealkylation sites (tertiary alicyclic amines) is 1. The second-order valence-corrected chi connectivity index (χ2v) is 10.3. The molecule has 5 rings (SSSR count). The molecule has 2 saturated heterocycles. The highest BCUT2D eigenvalue weighted by Gasteiger charge is 2.44. The number of nitrogens with one attached hydrogen (secondary N) is 3. The van der Waals surface area contributed by atoms with E-state index in [1.807, 2.05) is 49.6 Å². The number of benzene rings is 1. The van der Waals surface area contributed by atoms with Gasteiger partial charge >= 0.3 is 5.97 Å². The van der Waals surface area contributed by atoms with Crippen LogP contribution in [0.5, 0.6) is 0 Å². The first-order chi connectivity index (χ1) is 17.6. The quantitative estimate of drug-likeness (QED) is 0.513. The fourth-order valence-electron chi connectivity index (χ4n) is 6.18. The van der Waals surface area contributed by atoms with Crippen molar-refractivity contribution in [3.05, 3.63) is 66.0 Å². The van der Waals surface area contributed by atoms with Crippen LogP contribution in [0.1, 0.15) is 49.8 Å². The van der Waals surface area contributed by atoms with E-state index in [2.05, 4.69) is 38.2 Å². The van der Waals surface area contributed by atoms with Gasteiger partial charge in [-0.15, -0.1) is 0 Å². The predicted molar refractivity (Wildman–Crippen MR) is 136 cm³/mol. The molecule has 1 amide bonds. The van der Waals surface area contributed by atoms with Crippen LogP contribution in [0.15, 0.2) is 54.9 Å². The van der Waals surface area contributed by atoms with Crippen molar-refractivity contribution >= 4 is 11.9 Å². The number of pyridine rings is 1. The lowest BCUT2D eigenvalue weighted by atomic mass is 9.74. The summed E-state index contributed by atoms with van der Waals surface area (Å²) in [5.41, 5.74) is 9.31. The number of esters is 1. The van der Waals surface area contributed by atoms with E-state index in [1.165, 1.54) is 11.1 Å². The molecule has 8 heteroatoms. The summed E-state index contributed by atoms with van der Waals surface area (Å²) < 4.78 is 5.38. The van der Waals surface area contributed by atoms with E-state index >= 15 is 0 Å². The topological polar surface area (TPSA) is 95.6 Å². The maximum Gasteiger partial charge on any atom is 0.311 e. The molecule has 1 aromatic heterocycles. The number of amides is 1. The van der Waals surface area contributed by atoms with Gasteiger partial charge in [-0.2, -0.15) is 0 Å². The number of nitrogens with zero attached hydrogens (tertiary/aromatic N) is 2. The maximum atomic E-state index is 13.6. The SMILES string of the molecule is CCOC(=O)C1CCN(Cc2ccccc2)CC1NC(=O)C1CCC2NNC(c3ccncc3)C2C1. The lowest BCUT2D eigenvalue weighted by Gasteiger charge is -2.39. The van der Waals surface area contributed by atoms with Gasteiger partial charge in [-0.05, 0) is 68.3 Å². The van der Waals surface area contributed by atoms with Crippen LogP contribution >= 0.6 is 0 Å². The fraction of sp³-hybridized carbons (Fsp3) is 0.536. The zero-order chi connectivity index (χ0) is 24.9. The molecule has 1 aliphatic carbocycles. The Kier molecular flexibility index (Phi) is 7.94. The third-order valence-corrected chi connectivity index (χ3v) is 8.05. The van der Waals surface area contributed by atoms with E-state index in [1.54, 1.807) is 0 Å². The molecule has 0 spiro atoms. The first-order valence-electron chi connectivity index (χ1n) is 13.3. The Morgan fingerprint density at radius 3 is 2.67 bits per heavy atom. The highest BCUT2D eigenvalue weighted by molar-refractivity contribution is 5.81. The number of carbonyl (C=O) groups excluding carboxylic acids is 2. The Morgan fingerprint density at radius 1 is 1.08 bits per heavy atom. The molecular formula is C28H37N5O3. The first-order valence-corrected chi connectivity index (χ1v) is 13.3. The molecule has 6 unspecified atom stereocenters. The maximum absolute atomic E-state index is 13.6. The zero-order valence-electron chi connectivity index (χ0n) is 20.9. The number of carbonyl (C=O) groups is 2. The molecule has 2 aliphatic heterocycles. The average Bonchev–Trinajstić information content (AvgIpc) is 3.33. The van der Waals surface area contributed by atoms with Gasteiger partial charge in [-0.1, -0.05) is 30.3 Å². The van der Waals surface area contributed by atoms with Crippen LogP contribution in [-0.4, -0.2) is 53.5 Å². The monoisotopic (exact) mass is 491 g/mol. The van der Waals surface area contributed by atoms with Crippen molar-refractivity contribution in [1.29, 1.82) is 0 Å². The number of piperidine rings is 1. The number of hydrazine groups is 1. The molecule has 0 bridgehead atoms. The molecule has 2 aromatic rings. The van der Waals surface area contributed by atoms with Gasteiger partial charge in [0.1, 0.15) is 0 Å². The minimum absolute atomic E-state index is 0.0645. The van der Waals surface area contributed by atoms with Gasteiger partial charge in [0.15, 0.2) is 0 Å². The number of hydrogen-bond acceptors (Lipinski definition) is 7. The Labute approximate surface area is 213 Å². The van der Waals surface area contributed by atoms with Crippen molar-refractivity contribution in [3.63, 3.8) is 0 Å². The summed E-state index contributed by atoms with van der Waals surface area (Å²) in [6, 6.07) is 14.7. The molecule has 8 nitrogen and oxygen atoms in total. The summed E-state index contributed by atoms with van der Waals surface area (Å²) in [7, 11) is 0. The largest absolute Gasteiger partial charge is 0.466 e. The summed E-state index contributed by atoms with van der Waals surface area (Å²) in [6.07, 6.45) is 6.92. The van der Waals surface area contributed by atoms with Crippen LogP contribution in [0.25, 0.3) is 0 Å². The van der Waals surface area contributed by atoms with Crippen molar-refractivity contribution < 1.29 is 14.3 Å². The normalized spacial score (nSPS) is 30.4. The van der Waals surface area contributed by atoms with Crippen molar-refractivity contribution in [2.45, 2.75) is 57.3 Å². The smallest absolute Gasteiger partial charge is 0.311 e. The molecule has 3 N–H and O–H groups in total. The number of rotatable bonds is 7. The summed E-state index contributed by atoms with van der Waals surface area (Å²) in [6.45, 7) is 4.44. The summed E-state index contributed by atoms with van der Waals surface area (Å²) in [4.78, 5) is 32.8. The van der Waals surface area contributed by atoms with Crippen LogP contribution in [0.3, 0.4) is 0 Å². The molecular weight excluding hydrogens is 454 g/mol. The number of fused-ring (bicyclic) bond motifs is 1. The number of hydrogen-bond donors (Lipinski definition) is 3. The first kappa shape index (κ1) is 24.9. The fourth-order valence-corrected chi connectivity index (χ4v) is 6.18. The van der Waals surface area contributed by atoms with Gasteiger partial charge in [-0.25, -0.2) is 5.43 Å². The van der Waals surface area contributed by atoms with Crippen LogP contribution in [0.4, 0.5) is 0 Å². The lowest BCUT2D eigenvalue weighted by Crippen LogP contribution is -2.56. The summed E-state index contributed by atoms with van der Waals surface area (Å²) in [5, 5.41) is 3.30. The van der Waals surface area contributed by atoms with E-state index in [4.69, 9.17) is 4.74 Å². The average molecular weight is 492 g/mol. The van der Waals surface area contributed by atoms with Crippen LogP contribution < -0.4 is 16.2 Å². The standard InChI is InChI=1S/C28H37N5O3/c1-2-36-28(35)22-12-15-33(17-19-6-4-3-5-7-19)18-25(22)30-27(34)21-8-9-24-23(16-21)26(32-31-24)20-10-13-29-14-11-20/h3-7,10-11,13-14,21-26,31-32H,2,8-9,12,15-18H2,1H3,(H,30,34). The van der Waals surface area contributed by atoms with Gasteiger partial charge in [-0.3, -0.25) is 24.9 Å². The van der Waals surface area contributed by atoms with Crippen molar-refractivity contribution in [2.24, 2.45) is 17.8 Å². The van der Waals surface area contributed by atoms with Crippen molar-refractivity contribution in [3.8, 4) is 0 Å². The Bertz CT molecular complexity index is 1020. The molecule has 0 radical (unpaired) electrons. The number of ether oxygens (including phenoxy) is 1. The highest BCUT2D eigenvalue weighted by atomic mass is 16.5. The molecule has 1 saturated carbocycles. The summed E-state index contributed by atoms with van der Waals surface area (Å²) >= 11 is 0. The third-order valence-electron chi connectivity index (χ3n) is 8.05. The lowest BCUT2D eigenvalue weighted by molar-refractivity contribution is -0.151. The molecule has 3 aliphatic rings. The van der Waals surface area contributed by atoms with Gasteiger partial charge in [0, 0.05) is 37.4 Å². The van der Waals surface area contributed by atoms with E-state index in [0.29, 0.717) is 31.5 Å². The summed E-state index contributed by atoms with van der Waals surface area (Å²) in [5.74, 6) is -0.178. The Balaban J connectivity index is 1.25. The van der Waals surface area contributed by atoms with Crippen LogP contribution in [0, 0.1) is 17.8 Å². The predicted octanol–water partition coefficient (Wildman–Crippen LogP) is 2.59. The Morgan fingerprint density at radius 2 is 1.89 bits per heavy atom. The minimum atomic E-state index is -0.309. The van der Waals surface area contributed by atoms with Gasteiger partial charge in [0.05, 0.1) is 24.6 Å². The second-order valence-electron chi connectivity index (χ2n) is 10.3. The minimum Gasteiger partial charge on any atom is -0.466 e. The van der Waals surface area contributed by atoms with E-state index in [-0.39, 0.29) is 35.8 Å². The van der Waals surface area contributed by atoms with E-state index in [9.17, 15) is 9.59 Å². The molecule has 3 heterocycles. The van der Waals surface area contributed by atoms with Gasteiger partial charge in [0.25, 0.3) is 0 Å². The van der Waals surface area contributed by atoms with Crippen molar-refractivity contribution in [1.82, 2.24) is 26.1 Å².